The number of fused-ring (bicyclic) bond motifs is 2. The number of imidazole rings is 1. The number of rotatable bonds is 5. The van der Waals surface area contributed by atoms with E-state index in [2.05, 4.69) is 39.1 Å². The summed E-state index contributed by atoms with van der Waals surface area (Å²) in [6, 6.07) is 11.8. The van der Waals surface area contributed by atoms with Crippen LogP contribution < -0.4 is 26.3 Å². The van der Waals surface area contributed by atoms with E-state index in [4.69, 9.17) is 11.5 Å². The van der Waals surface area contributed by atoms with Crippen molar-refractivity contribution < 1.29 is 9.05 Å². The number of hydrogen-bond donors (Lipinski definition) is 3. The van der Waals surface area contributed by atoms with Crippen LogP contribution in [0.3, 0.4) is 0 Å². The third kappa shape index (κ3) is 6.43. The number of aryl methyl sites for hydroxylation is 1. The van der Waals surface area contributed by atoms with Gasteiger partial charge in [0.25, 0.3) is 0 Å². The zero-order valence-electron chi connectivity index (χ0n) is 23.8. The maximum absolute atomic E-state index is 6.21. The molecule has 0 unspecified atom stereocenters. The summed E-state index contributed by atoms with van der Waals surface area (Å²) in [7, 11) is 6.54. The zero-order valence-corrected chi connectivity index (χ0v) is 23.8. The fourth-order valence-corrected chi connectivity index (χ4v) is 4.54. The average Bonchev–Trinajstić information content (AvgIpc) is 3.56. The molecule has 210 valence electrons. The Labute approximate surface area is 231 Å². The molecule has 5 aromatic heterocycles. The summed E-state index contributed by atoms with van der Waals surface area (Å²) in [6.07, 6.45) is 9.92. The summed E-state index contributed by atoms with van der Waals surface area (Å²) >= 11 is 0. The van der Waals surface area contributed by atoms with Crippen molar-refractivity contribution in [1.82, 2.24) is 23.8 Å². The standard InChI is InChI=1S/C13H17N6.C13H20N5.2CH3/c1-17-8-9-18(10-17)7-5-15-13-12(14)11-4-2-3-6-19(11)16-13;1-18(2)9-7-16(8-10-18)13-12(14)11-5-3-4-6-17(11)15-13;;/h2-4,6,8-10H,5,7,14H2,1H3,(H,15,16);3-6H,7-10,14H2,1-2H3;2*1H3/q2*+1;2*-1. The molecule has 1 fully saturated rings. The normalized spacial score (nSPS) is 14.3. The van der Waals surface area contributed by atoms with Crippen molar-refractivity contribution >= 4 is 34.0 Å². The summed E-state index contributed by atoms with van der Waals surface area (Å²) in [5.74, 6) is 1.67. The van der Waals surface area contributed by atoms with E-state index in [1.807, 2.05) is 83.6 Å². The van der Waals surface area contributed by atoms with Crippen LogP contribution in [0.25, 0.3) is 11.0 Å². The Morgan fingerprint density at radius 2 is 1.51 bits per heavy atom. The first kappa shape index (κ1) is 29.3. The summed E-state index contributed by atoms with van der Waals surface area (Å²) in [4.78, 5) is 2.30. The number of nitrogens with one attached hydrogen (secondary N) is 1. The molecule has 6 rings (SSSR count). The van der Waals surface area contributed by atoms with E-state index >= 15 is 0 Å². The van der Waals surface area contributed by atoms with Crippen molar-refractivity contribution in [1.29, 1.82) is 0 Å². The number of anilines is 4. The molecule has 0 spiro atoms. The second-order valence-electron chi connectivity index (χ2n) is 10.2. The van der Waals surface area contributed by atoms with Crippen molar-refractivity contribution in [3.8, 4) is 0 Å². The van der Waals surface area contributed by atoms with E-state index in [-0.39, 0.29) is 14.9 Å². The summed E-state index contributed by atoms with van der Waals surface area (Å²) in [6.45, 7) is 5.94. The van der Waals surface area contributed by atoms with Gasteiger partial charge in [-0.25, -0.2) is 18.2 Å². The molecule has 0 atom stereocenters. The number of quaternary nitrogens is 1. The molecule has 0 saturated carbocycles. The average molecular weight is 534 g/mol. The minimum Gasteiger partial charge on any atom is -0.394 e. The molecule has 0 aliphatic carbocycles. The molecule has 39 heavy (non-hydrogen) atoms. The van der Waals surface area contributed by atoms with Crippen LogP contribution in [-0.2, 0) is 13.6 Å². The molecule has 1 saturated heterocycles. The van der Waals surface area contributed by atoms with Gasteiger partial charge >= 0.3 is 0 Å². The molecule has 5 N–H and O–H groups in total. The quantitative estimate of drug-likeness (QED) is 0.182. The fraction of sp³-hybridized carbons (Fsp3) is 0.321. The summed E-state index contributed by atoms with van der Waals surface area (Å²) < 4.78 is 8.84. The molecule has 6 heterocycles. The Kier molecular flexibility index (Phi) is 9.08. The first-order valence-electron chi connectivity index (χ1n) is 12.6. The Morgan fingerprint density at radius 1 is 0.897 bits per heavy atom. The minimum atomic E-state index is 0. The highest BCUT2D eigenvalue weighted by Crippen LogP contribution is 2.27. The minimum absolute atomic E-state index is 0. The number of likely N-dealkylation sites (N-methyl/N-ethyl adjacent to an activating group) is 1. The predicted octanol–water partition coefficient (Wildman–Crippen LogP) is 2.37. The smallest absolute Gasteiger partial charge is 0.243 e. The third-order valence-electron chi connectivity index (χ3n) is 6.87. The first-order valence-corrected chi connectivity index (χ1v) is 12.6. The molecule has 0 aromatic carbocycles. The van der Waals surface area contributed by atoms with Crippen molar-refractivity contribution in [3.63, 3.8) is 0 Å². The van der Waals surface area contributed by atoms with Crippen molar-refractivity contribution in [2.24, 2.45) is 7.05 Å². The van der Waals surface area contributed by atoms with Crippen molar-refractivity contribution in [2.45, 2.75) is 6.54 Å². The highest BCUT2D eigenvalue weighted by molar-refractivity contribution is 5.81. The number of nitrogen functional groups attached to an aromatic ring is 2. The number of aromatic nitrogens is 6. The van der Waals surface area contributed by atoms with E-state index in [9.17, 15) is 0 Å². The van der Waals surface area contributed by atoms with Gasteiger partial charge in [-0.15, -0.1) is 10.2 Å². The van der Waals surface area contributed by atoms with E-state index in [0.717, 1.165) is 72.1 Å². The van der Waals surface area contributed by atoms with Gasteiger partial charge in [0.05, 0.1) is 64.9 Å². The van der Waals surface area contributed by atoms with Crippen LogP contribution in [-0.4, -0.2) is 75.1 Å². The second kappa shape index (κ2) is 12.1. The van der Waals surface area contributed by atoms with Gasteiger partial charge in [0.15, 0.2) is 11.6 Å². The first-order chi connectivity index (χ1) is 17.8. The lowest BCUT2D eigenvalue weighted by Gasteiger charge is -2.39. The lowest BCUT2D eigenvalue weighted by atomic mass is 10.2. The van der Waals surface area contributed by atoms with Crippen LogP contribution in [0, 0.1) is 14.9 Å². The maximum Gasteiger partial charge on any atom is 0.243 e. The highest BCUT2D eigenvalue weighted by Gasteiger charge is 2.27. The number of piperazine rings is 1. The van der Waals surface area contributed by atoms with Crippen LogP contribution in [0.4, 0.5) is 23.0 Å². The SMILES string of the molecule is C[N+]1(C)CCN(c2nn3ccccc3c2N)CC1.C[n+]1ccn(CCNc2nn3ccccc3c2N)c1.[CH3-].[CH3-]. The molecular formula is C28H43N11. The van der Waals surface area contributed by atoms with Gasteiger partial charge < -0.3 is 41.0 Å². The van der Waals surface area contributed by atoms with Gasteiger partial charge in [-0.2, -0.15) is 0 Å². The van der Waals surface area contributed by atoms with Crippen LogP contribution in [0.2, 0.25) is 0 Å². The largest absolute Gasteiger partial charge is 0.394 e. The van der Waals surface area contributed by atoms with Crippen LogP contribution >= 0.6 is 0 Å². The molecule has 11 heteroatoms. The Morgan fingerprint density at radius 3 is 2.08 bits per heavy atom. The van der Waals surface area contributed by atoms with Gasteiger partial charge in [0.1, 0.15) is 30.3 Å². The lowest BCUT2D eigenvalue weighted by Crippen LogP contribution is -2.55. The fourth-order valence-electron chi connectivity index (χ4n) is 4.54. The second-order valence-corrected chi connectivity index (χ2v) is 10.2. The lowest BCUT2D eigenvalue weighted by molar-refractivity contribution is -0.890. The van der Waals surface area contributed by atoms with E-state index in [1.54, 1.807) is 4.52 Å². The molecule has 0 radical (unpaired) electrons. The van der Waals surface area contributed by atoms with Gasteiger partial charge in [-0.1, -0.05) is 12.1 Å². The molecule has 11 nitrogen and oxygen atoms in total. The van der Waals surface area contributed by atoms with Gasteiger partial charge in [0.2, 0.25) is 6.33 Å². The van der Waals surface area contributed by atoms with Crippen LogP contribution in [0.5, 0.6) is 0 Å². The summed E-state index contributed by atoms with van der Waals surface area (Å²) in [5.41, 5.74) is 15.7. The van der Waals surface area contributed by atoms with E-state index in [0.29, 0.717) is 5.69 Å². The van der Waals surface area contributed by atoms with Crippen LogP contribution in [0.15, 0.2) is 67.5 Å². The van der Waals surface area contributed by atoms with Gasteiger partial charge in [-0.05, 0) is 24.3 Å². The zero-order chi connectivity index (χ0) is 26.0. The van der Waals surface area contributed by atoms with Crippen LogP contribution in [0.1, 0.15) is 0 Å². The highest BCUT2D eigenvalue weighted by atomic mass is 15.4. The van der Waals surface area contributed by atoms with Crippen molar-refractivity contribution in [2.75, 3.05) is 68.5 Å². The Hall–Kier alpha value is -4.25. The number of nitrogens with zero attached hydrogens (tertiary/aromatic N) is 8. The predicted molar refractivity (Wildman–Crippen MR) is 160 cm³/mol. The van der Waals surface area contributed by atoms with Gasteiger partial charge in [0, 0.05) is 12.4 Å². The summed E-state index contributed by atoms with van der Waals surface area (Å²) in [5, 5.41) is 12.3. The molecule has 5 aromatic rings. The molecule has 1 aliphatic heterocycles. The number of hydrogen-bond acceptors (Lipinski definition) is 6. The Balaban J connectivity index is 0.000000205. The topological polar surface area (TPSA) is 111 Å². The third-order valence-corrected chi connectivity index (χ3v) is 6.87. The van der Waals surface area contributed by atoms with E-state index < -0.39 is 0 Å². The Bertz CT molecular complexity index is 1480. The van der Waals surface area contributed by atoms with Gasteiger partial charge in [-0.3, -0.25) is 0 Å². The van der Waals surface area contributed by atoms with E-state index in [1.165, 1.54) is 0 Å². The monoisotopic (exact) mass is 533 g/mol. The maximum atomic E-state index is 6.21. The molecule has 1 aliphatic rings. The number of pyridine rings is 2. The number of nitrogens with two attached hydrogens (primary N) is 2. The molecule has 0 amide bonds. The molecular weight excluding hydrogens is 490 g/mol. The molecule has 0 bridgehead atoms. The van der Waals surface area contributed by atoms with Crippen molar-refractivity contribution in [3.05, 3.63) is 82.4 Å².